The van der Waals surface area contributed by atoms with Gasteiger partial charge in [-0.25, -0.2) is 0 Å². The highest BCUT2D eigenvalue weighted by molar-refractivity contribution is 5.58. The number of nitrogens with zero attached hydrogens (tertiary/aromatic N) is 1. The summed E-state index contributed by atoms with van der Waals surface area (Å²) in [5.41, 5.74) is 0. The molecular formula is C7H13NO2. The van der Waals surface area contributed by atoms with Gasteiger partial charge in [0.1, 0.15) is 6.29 Å². The van der Waals surface area contributed by atoms with E-state index in [2.05, 4.69) is 0 Å². The lowest BCUT2D eigenvalue weighted by Gasteiger charge is -2.32. The molecule has 3 heteroatoms. The van der Waals surface area contributed by atoms with E-state index in [1.54, 1.807) is 0 Å². The molecule has 3 nitrogen and oxygen atoms in total. The van der Waals surface area contributed by atoms with Crippen LogP contribution in [0.4, 0.5) is 0 Å². The summed E-state index contributed by atoms with van der Waals surface area (Å²) in [7, 11) is 1.86. The van der Waals surface area contributed by atoms with Crippen LogP contribution in [-0.4, -0.2) is 42.0 Å². The van der Waals surface area contributed by atoms with E-state index in [0.29, 0.717) is 0 Å². The van der Waals surface area contributed by atoms with Crippen molar-refractivity contribution < 1.29 is 9.90 Å². The molecule has 0 saturated carbocycles. The zero-order chi connectivity index (χ0) is 7.56. The van der Waals surface area contributed by atoms with Crippen LogP contribution in [0.2, 0.25) is 0 Å². The SMILES string of the molecule is CN1CCCC(O)C1C=O. The number of likely N-dealkylation sites (tertiary alicyclic amines) is 1. The predicted octanol–water partition coefficient (Wildman–Crippen LogP) is -0.360. The van der Waals surface area contributed by atoms with E-state index >= 15 is 0 Å². The standard InChI is InChI=1S/C7H13NO2/c1-8-4-2-3-7(10)6(8)5-9/h5-7,10H,2-4H2,1H3. The number of aliphatic hydroxyl groups excluding tert-OH is 1. The van der Waals surface area contributed by atoms with Gasteiger partial charge in [0, 0.05) is 0 Å². The number of carbonyl (C=O) groups excluding carboxylic acids is 1. The molecule has 0 aromatic carbocycles. The Morgan fingerprint density at radius 2 is 2.40 bits per heavy atom. The van der Waals surface area contributed by atoms with Gasteiger partial charge in [-0.3, -0.25) is 4.90 Å². The molecule has 1 N–H and O–H groups in total. The van der Waals surface area contributed by atoms with Crippen molar-refractivity contribution in [2.75, 3.05) is 13.6 Å². The molecule has 10 heavy (non-hydrogen) atoms. The average molecular weight is 143 g/mol. The molecule has 1 saturated heterocycles. The van der Waals surface area contributed by atoms with Gasteiger partial charge in [0.05, 0.1) is 12.1 Å². The van der Waals surface area contributed by atoms with Crippen molar-refractivity contribution in [1.29, 1.82) is 0 Å². The Balaban J connectivity index is 2.53. The first-order valence-electron chi connectivity index (χ1n) is 3.59. The molecule has 0 bridgehead atoms. The fourth-order valence-electron chi connectivity index (χ4n) is 1.36. The molecule has 0 aromatic heterocycles. The molecule has 0 spiro atoms. The van der Waals surface area contributed by atoms with Gasteiger partial charge in [0.25, 0.3) is 0 Å². The largest absolute Gasteiger partial charge is 0.391 e. The Bertz CT molecular complexity index is 117. The first-order valence-corrected chi connectivity index (χ1v) is 3.59. The zero-order valence-corrected chi connectivity index (χ0v) is 6.16. The molecule has 58 valence electrons. The van der Waals surface area contributed by atoms with Crippen LogP contribution in [0.1, 0.15) is 12.8 Å². The van der Waals surface area contributed by atoms with Crippen molar-refractivity contribution in [2.24, 2.45) is 0 Å². The number of piperidine rings is 1. The summed E-state index contributed by atoms with van der Waals surface area (Å²) in [5.74, 6) is 0. The lowest BCUT2D eigenvalue weighted by molar-refractivity contribution is -0.117. The van der Waals surface area contributed by atoms with Crippen molar-refractivity contribution in [1.82, 2.24) is 4.90 Å². The van der Waals surface area contributed by atoms with Gasteiger partial charge in [-0.2, -0.15) is 0 Å². The molecule has 1 heterocycles. The average Bonchev–Trinajstić information content (AvgIpc) is 1.88. The van der Waals surface area contributed by atoms with Gasteiger partial charge >= 0.3 is 0 Å². The van der Waals surface area contributed by atoms with Gasteiger partial charge in [-0.05, 0) is 26.4 Å². The zero-order valence-electron chi connectivity index (χ0n) is 6.16. The number of hydrogen-bond donors (Lipinski definition) is 1. The fraction of sp³-hybridized carbons (Fsp3) is 0.857. The first-order chi connectivity index (χ1) is 4.75. The molecule has 1 aliphatic heterocycles. The molecule has 2 unspecified atom stereocenters. The van der Waals surface area contributed by atoms with Crippen molar-refractivity contribution in [3.8, 4) is 0 Å². The Morgan fingerprint density at radius 1 is 1.70 bits per heavy atom. The van der Waals surface area contributed by atoms with Crippen molar-refractivity contribution in [3.63, 3.8) is 0 Å². The summed E-state index contributed by atoms with van der Waals surface area (Å²) in [6, 6.07) is -0.270. The lowest BCUT2D eigenvalue weighted by Crippen LogP contribution is -2.46. The number of carbonyl (C=O) groups is 1. The minimum absolute atomic E-state index is 0.270. The Hall–Kier alpha value is -0.410. The van der Waals surface area contributed by atoms with Crippen LogP contribution in [0.5, 0.6) is 0 Å². The van der Waals surface area contributed by atoms with E-state index in [9.17, 15) is 9.90 Å². The molecule has 0 radical (unpaired) electrons. The number of hydrogen-bond acceptors (Lipinski definition) is 3. The monoisotopic (exact) mass is 143 g/mol. The third kappa shape index (κ3) is 1.36. The Morgan fingerprint density at radius 3 is 2.80 bits per heavy atom. The van der Waals surface area contributed by atoms with Crippen LogP contribution in [0, 0.1) is 0 Å². The minimum Gasteiger partial charge on any atom is -0.391 e. The summed E-state index contributed by atoms with van der Waals surface area (Å²) in [6.45, 7) is 0.917. The number of aldehydes is 1. The number of likely N-dealkylation sites (N-methyl/N-ethyl adjacent to an activating group) is 1. The summed E-state index contributed by atoms with van der Waals surface area (Å²) in [5, 5.41) is 9.27. The second kappa shape index (κ2) is 3.12. The molecule has 1 aliphatic rings. The maximum absolute atomic E-state index is 10.4. The molecule has 0 amide bonds. The summed E-state index contributed by atoms with van der Waals surface area (Å²) < 4.78 is 0. The second-order valence-electron chi connectivity index (χ2n) is 2.82. The summed E-state index contributed by atoms with van der Waals surface area (Å²) >= 11 is 0. The van der Waals surface area contributed by atoms with Crippen LogP contribution >= 0.6 is 0 Å². The topological polar surface area (TPSA) is 40.5 Å². The van der Waals surface area contributed by atoms with E-state index in [-0.39, 0.29) is 6.04 Å². The van der Waals surface area contributed by atoms with E-state index in [4.69, 9.17) is 0 Å². The third-order valence-corrected chi connectivity index (χ3v) is 2.05. The van der Waals surface area contributed by atoms with Crippen LogP contribution in [0.15, 0.2) is 0 Å². The van der Waals surface area contributed by atoms with Gasteiger partial charge in [0.2, 0.25) is 0 Å². The van der Waals surface area contributed by atoms with Crippen LogP contribution in [0.3, 0.4) is 0 Å². The molecular weight excluding hydrogens is 130 g/mol. The number of rotatable bonds is 1. The van der Waals surface area contributed by atoms with Crippen molar-refractivity contribution in [2.45, 2.75) is 25.0 Å². The van der Waals surface area contributed by atoms with Gasteiger partial charge < -0.3 is 9.90 Å². The Kier molecular flexibility index (Phi) is 2.40. The Labute approximate surface area is 60.6 Å². The molecule has 2 atom stereocenters. The fourth-order valence-corrected chi connectivity index (χ4v) is 1.36. The van der Waals surface area contributed by atoms with Crippen molar-refractivity contribution in [3.05, 3.63) is 0 Å². The summed E-state index contributed by atoms with van der Waals surface area (Å²) in [4.78, 5) is 12.3. The highest BCUT2D eigenvalue weighted by Crippen LogP contribution is 2.13. The number of aliphatic hydroxyl groups is 1. The first kappa shape index (κ1) is 7.69. The molecule has 0 aromatic rings. The highest BCUT2D eigenvalue weighted by Gasteiger charge is 2.26. The third-order valence-electron chi connectivity index (χ3n) is 2.05. The maximum atomic E-state index is 10.4. The molecule has 0 aliphatic carbocycles. The van der Waals surface area contributed by atoms with Crippen LogP contribution < -0.4 is 0 Å². The summed E-state index contributed by atoms with van der Waals surface area (Å²) in [6.07, 6.45) is 2.12. The minimum atomic E-state index is -0.448. The van der Waals surface area contributed by atoms with E-state index in [0.717, 1.165) is 25.7 Å². The van der Waals surface area contributed by atoms with E-state index in [1.807, 2.05) is 11.9 Å². The highest BCUT2D eigenvalue weighted by atomic mass is 16.3. The smallest absolute Gasteiger partial charge is 0.139 e. The second-order valence-corrected chi connectivity index (χ2v) is 2.82. The van der Waals surface area contributed by atoms with Crippen LogP contribution in [0.25, 0.3) is 0 Å². The molecule has 1 fully saturated rings. The van der Waals surface area contributed by atoms with Gasteiger partial charge in [-0.15, -0.1) is 0 Å². The van der Waals surface area contributed by atoms with Gasteiger partial charge in [-0.1, -0.05) is 0 Å². The normalized spacial score (nSPS) is 35.8. The van der Waals surface area contributed by atoms with E-state index in [1.165, 1.54) is 0 Å². The quantitative estimate of drug-likeness (QED) is 0.510. The molecule has 1 rings (SSSR count). The van der Waals surface area contributed by atoms with Crippen molar-refractivity contribution >= 4 is 6.29 Å². The van der Waals surface area contributed by atoms with Gasteiger partial charge in [0.15, 0.2) is 0 Å². The maximum Gasteiger partial charge on any atom is 0.139 e. The predicted molar refractivity (Wildman–Crippen MR) is 37.7 cm³/mol. The van der Waals surface area contributed by atoms with Crippen LogP contribution in [-0.2, 0) is 4.79 Å². The van der Waals surface area contributed by atoms with E-state index < -0.39 is 6.10 Å². The lowest BCUT2D eigenvalue weighted by atomic mass is 10.0.